The second-order valence-electron chi connectivity index (χ2n) is 6.38. The van der Waals surface area contributed by atoms with Gasteiger partial charge in [0.15, 0.2) is 5.65 Å². The second kappa shape index (κ2) is 6.23. The van der Waals surface area contributed by atoms with E-state index in [9.17, 15) is 4.79 Å². The Morgan fingerprint density at radius 1 is 1.22 bits per heavy atom. The van der Waals surface area contributed by atoms with E-state index in [4.69, 9.17) is 4.74 Å². The van der Waals surface area contributed by atoms with Crippen molar-refractivity contribution in [2.45, 2.75) is 31.6 Å². The summed E-state index contributed by atoms with van der Waals surface area (Å²) in [6.45, 7) is 3.00. The number of hydrogen-bond acceptors (Lipinski definition) is 5. The molecule has 1 atom stereocenters. The maximum Gasteiger partial charge on any atom is 0.225 e. The number of piperidine rings is 1. The number of fused-ring (bicyclic) bond motifs is 1. The summed E-state index contributed by atoms with van der Waals surface area (Å²) >= 11 is 0. The molecular weight excluding hydrogens is 294 g/mol. The van der Waals surface area contributed by atoms with Crippen LogP contribution in [0, 0.1) is 5.92 Å². The van der Waals surface area contributed by atoms with Crippen LogP contribution in [-0.4, -0.2) is 57.3 Å². The molecule has 7 nitrogen and oxygen atoms in total. The quantitative estimate of drug-likeness (QED) is 0.907. The van der Waals surface area contributed by atoms with Crippen LogP contribution < -0.4 is 0 Å². The van der Waals surface area contributed by atoms with E-state index in [1.807, 2.05) is 4.90 Å². The molecule has 0 radical (unpaired) electrons. The average Bonchev–Trinajstić information content (AvgIpc) is 3.06. The molecule has 2 saturated heterocycles. The highest BCUT2D eigenvalue weighted by Crippen LogP contribution is 2.30. The first-order valence-corrected chi connectivity index (χ1v) is 8.34. The van der Waals surface area contributed by atoms with Crippen LogP contribution in [0.15, 0.2) is 12.4 Å². The van der Waals surface area contributed by atoms with Gasteiger partial charge in [0.1, 0.15) is 5.52 Å². The zero-order valence-corrected chi connectivity index (χ0v) is 13.1. The Labute approximate surface area is 134 Å². The number of nitrogens with zero attached hydrogens (tertiary/aromatic N) is 4. The van der Waals surface area contributed by atoms with Crippen molar-refractivity contribution < 1.29 is 9.53 Å². The third-order valence-electron chi connectivity index (χ3n) is 4.93. The van der Waals surface area contributed by atoms with E-state index in [0.717, 1.165) is 50.0 Å². The van der Waals surface area contributed by atoms with Crippen molar-refractivity contribution in [1.29, 1.82) is 0 Å². The number of carbonyl (C=O) groups excluding carboxylic acids is 1. The summed E-state index contributed by atoms with van der Waals surface area (Å²) in [7, 11) is 0. The highest BCUT2D eigenvalue weighted by atomic mass is 16.5. The minimum atomic E-state index is 0.126. The number of hydrogen-bond donors (Lipinski definition) is 1. The van der Waals surface area contributed by atoms with Gasteiger partial charge in [-0.05, 0) is 25.7 Å². The summed E-state index contributed by atoms with van der Waals surface area (Å²) in [5.74, 6) is 0.669. The normalized spacial score (nSPS) is 23.3. The van der Waals surface area contributed by atoms with Gasteiger partial charge in [0.2, 0.25) is 5.91 Å². The summed E-state index contributed by atoms with van der Waals surface area (Å²) in [6.07, 6.45) is 7.09. The predicted octanol–water partition coefficient (Wildman–Crippen LogP) is 1.49. The number of aromatic amines is 1. The molecule has 2 aromatic rings. The molecule has 2 aromatic heterocycles. The number of ether oxygens (including phenoxy) is 1. The average molecular weight is 315 g/mol. The van der Waals surface area contributed by atoms with Crippen molar-refractivity contribution in [1.82, 2.24) is 25.1 Å². The van der Waals surface area contributed by atoms with Crippen molar-refractivity contribution in [2.75, 3.05) is 26.3 Å². The zero-order valence-electron chi connectivity index (χ0n) is 13.1. The van der Waals surface area contributed by atoms with E-state index in [0.29, 0.717) is 18.9 Å². The van der Waals surface area contributed by atoms with E-state index in [2.05, 4.69) is 20.2 Å². The first-order valence-electron chi connectivity index (χ1n) is 8.34. The topological polar surface area (TPSA) is 84.0 Å². The molecule has 0 aromatic carbocycles. The van der Waals surface area contributed by atoms with Crippen molar-refractivity contribution in [3.8, 4) is 0 Å². The van der Waals surface area contributed by atoms with Gasteiger partial charge in [0, 0.05) is 50.5 Å². The van der Waals surface area contributed by atoms with Gasteiger partial charge >= 0.3 is 0 Å². The fourth-order valence-corrected chi connectivity index (χ4v) is 3.67. The number of carbonyl (C=O) groups is 1. The number of likely N-dealkylation sites (tertiary alicyclic amines) is 1. The monoisotopic (exact) mass is 315 g/mol. The van der Waals surface area contributed by atoms with Gasteiger partial charge in [-0.15, -0.1) is 0 Å². The van der Waals surface area contributed by atoms with Crippen LogP contribution in [0.3, 0.4) is 0 Å². The zero-order chi connectivity index (χ0) is 15.6. The molecule has 0 saturated carbocycles. The molecular formula is C16H21N5O2. The smallest absolute Gasteiger partial charge is 0.225 e. The lowest BCUT2D eigenvalue weighted by molar-refractivity contribution is -0.139. The maximum absolute atomic E-state index is 12.7. The summed E-state index contributed by atoms with van der Waals surface area (Å²) in [4.78, 5) is 23.4. The van der Waals surface area contributed by atoms with Crippen molar-refractivity contribution >= 4 is 17.1 Å². The Morgan fingerprint density at radius 3 is 2.91 bits per heavy atom. The molecule has 23 heavy (non-hydrogen) atoms. The predicted molar refractivity (Wildman–Crippen MR) is 83.8 cm³/mol. The van der Waals surface area contributed by atoms with E-state index < -0.39 is 0 Å². The molecule has 1 N–H and O–H groups in total. The molecule has 0 bridgehead atoms. The summed E-state index contributed by atoms with van der Waals surface area (Å²) in [5.41, 5.74) is 2.49. The molecule has 2 aliphatic heterocycles. The minimum Gasteiger partial charge on any atom is -0.381 e. The van der Waals surface area contributed by atoms with E-state index >= 15 is 0 Å². The Balaban J connectivity index is 1.51. The number of aromatic nitrogens is 4. The fourth-order valence-electron chi connectivity index (χ4n) is 3.67. The van der Waals surface area contributed by atoms with Gasteiger partial charge in [0.25, 0.3) is 0 Å². The minimum absolute atomic E-state index is 0.126. The van der Waals surface area contributed by atoms with Gasteiger partial charge in [-0.1, -0.05) is 0 Å². The van der Waals surface area contributed by atoms with E-state index in [1.165, 1.54) is 0 Å². The number of rotatable bonds is 2. The lowest BCUT2D eigenvalue weighted by atomic mass is 9.91. The fraction of sp³-hybridized carbons (Fsp3) is 0.625. The lowest BCUT2D eigenvalue weighted by Gasteiger charge is -2.35. The largest absolute Gasteiger partial charge is 0.381 e. The molecule has 2 aliphatic rings. The number of H-pyrrole nitrogens is 1. The van der Waals surface area contributed by atoms with Gasteiger partial charge < -0.3 is 9.64 Å². The first kappa shape index (κ1) is 14.6. The first-order chi connectivity index (χ1) is 11.3. The van der Waals surface area contributed by atoms with Gasteiger partial charge in [-0.25, -0.2) is 9.97 Å². The highest BCUT2D eigenvalue weighted by Gasteiger charge is 2.32. The van der Waals surface area contributed by atoms with Gasteiger partial charge in [-0.2, -0.15) is 5.10 Å². The molecule has 4 heterocycles. The summed E-state index contributed by atoms with van der Waals surface area (Å²) < 4.78 is 5.37. The number of nitrogens with one attached hydrogen (secondary N) is 1. The van der Waals surface area contributed by atoms with Crippen LogP contribution in [0.5, 0.6) is 0 Å². The molecule has 1 unspecified atom stereocenters. The van der Waals surface area contributed by atoms with Crippen molar-refractivity contribution in [2.24, 2.45) is 5.92 Å². The van der Waals surface area contributed by atoms with Crippen LogP contribution >= 0.6 is 0 Å². The second-order valence-corrected chi connectivity index (χ2v) is 6.38. The van der Waals surface area contributed by atoms with E-state index in [-0.39, 0.29) is 17.7 Å². The molecule has 0 aliphatic carbocycles. The van der Waals surface area contributed by atoms with Crippen LogP contribution in [0.4, 0.5) is 0 Å². The van der Waals surface area contributed by atoms with Crippen molar-refractivity contribution in [3.63, 3.8) is 0 Å². The van der Waals surface area contributed by atoms with Crippen LogP contribution in [0.25, 0.3) is 11.2 Å². The molecule has 122 valence electrons. The van der Waals surface area contributed by atoms with Gasteiger partial charge in [0.05, 0.1) is 5.69 Å². The Bertz CT molecular complexity index is 695. The summed E-state index contributed by atoms with van der Waals surface area (Å²) in [6, 6.07) is 0. The van der Waals surface area contributed by atoms with Gasteiger partial charge in [-0.3, -0.25) is 9.89 Å². The Morgan fingerprint density at radius 2 is 2.04 bits per heavy atom. The van der Waals surface area contributed by atoms with Crippen LogP contribution in [-0.2, 0) is 9.53 Å². The van der Waals surface area contributed by atoms with Crippen LogP contribution in [0.2, 0.25) is 0 Å². The molecule has 4 rings (SSSR count). The van der Waals surface area contributed by atoms with Crippen molar-refractivity contribution in [3.05, 3.63) is 18.1 Å². The molecule has 7 heteroatoms. The number of amides is 1. The summed E-state index contributed by atoms with van der Waals surface area (Å²) in [5, 5.41) is 7.32. The standard InChI is InChI=1S/C16H21N5O2/c22-16(11-3-8-23-9-4-11)21-7-1-2-12(10-21)13-14-15(20-19-13)18-6-5-17-14/h5-6,11-12H,1-4,7-10H2,(H,18,19,20). The SMILES string of the molecule is O=C(C1CCOCC1)N1CCCC(c2[nH]nc3nccnc23)C1. The Kier molecular flexibility index (Phi) is 3.95. The highest BCUT2D eigenvalue weighted by molar-refractivity contribution is 5.79. The molecule has 0 spiro atoms. The maximum atomic E-state index is 12.7. The van der Waals surface area contributed by atoms with Crippen LogP contribution in [0.1, 0.15) is 37.3 Å². The lowest BCUT2D eigenvalue weighted by Crippen LogP contribution is -2.43. The third-order valence-corrected chi connectivity index (χ3v) is 4.93. The third kappa shape index (κ3) is 2.81. The Hall–Kier alpha value is -2.02. The molecule has 2 fully saturated rings. The van der Waals surface area contributed by atoms with E-state index in [1.54, 1.807) is 12.4 Å². The molecule has 1 amide bonds.